The molecule has 0 radical (unpaired) electrons. The van der Waals surface area contributed by atoms with Crippen LogP contribution >= 0.6 is 27.7 Å². The molecule has 0 atom stereocenters. The zero-order chi connectivity index (χ0) is 23.9. The second-order valence-corrected chi connectivity index (χ2v) is 8.90. The van der Waals surface area contributed by atoms with Crippen molar-refractivity contribution in [3.63, 3.8) is 0 Å². The zero-order valence-corrected chi connectivity index (χ0v) is 21.0. The van der Waals surface area contributed by atoms with Gasteiger partial charge in [0.15, 0.2) is 11.4 Å². The SMILES string of the molecule is COc1nc(SCc2cccc(-c3ccccc3)c2Br)nc(OC)c1Cc1ncc(C=O)cn1. The Labute approximate surface area is 210 Å². The molecular weight excluding hydrogens is 516 g/mol. The Hall–Kier alpha value is -3.30. The van der Waals surface area contributed by atoms with Gasteiger partial charge in [-0.1, -0.05) is 60.3 Å². The average molecular weight is 537 g/mol. The minimum Gasteiger partial charge on any atom is -0.481 e. The number of carbonyl (C=O) groups is 1. The molecule has 0 aliphatic carbocycles. The molecule has 4 aromatic rings. The van der Waals surface area contributed by atoms with Crippen LogP contribution in [0.25, 0.3) is 11.1 Å². The van der Waals surface area contributed by atoms with Crippen LogP contribution in [-0.4, -0.2) is 40.4 Å². The first-order valence-electron chi connectivity index (χ1n) is 10.3. The maximum atomic E-state index is 10.8. The van der Waals surface area contributed by atoms with Crippen LogP contribution in [0.5, 0.6) is 11.8 Å². The van der Waals surface area contributed by atoms with Crippen LogP contribution in [0.4, 0.5) is 0 Å². The standard InChI is InChI=1S/C25H21BrN4O3S/c1-32-23-20(11-21-27-12-16(14-31)13-28-21)24(33-2)30-25(29-23)34-15-18-9-6-10-19(22(18)26)17-7-4-3-5-8-17/h3-10,12-14H,11,15H2,1-2H3. The van der Waals surface area contributed by atoms with E-state index in [1.165, 1.54) is 24.2 Å². The van der Waals surface area contributed by atoms with Gasteiger partial charge in [-0.2, -0.15) is 9.97 Å². The normalized spacial score (nSPS) is 10.7. The van der Waals surface area contributed by atoms with Crippen LogP contribution in [0.3, 0.4) is 0 Å². The predicted octanol–water partition coefficient (Wildman–Crippen LogP) is 5.41. The number of thioether (sulfide) groups is 1. The first kappa shape index (κ1) is 23.8. The van der Waals surface area contributed by atoms with Crippen LogP contribution < -0.4 is 9.47 Å². The summed E-state index contributed by atoms with van der Waals surface area (Å²) in [5.74, 6) is 1.96. The van der Waals surface area contributed by atoms with E-state index >= 15 is 0 Å². The van der Waals surface area contributed by atoms with Crippen LogP contribution in [0.1, 0.15) is 27.3 Å². The molecule has 172 valence electrons. The van der Waals surface area contributed by atoms with Crippen molar-refractivity contribution in [2.24, 2.45) is 0 Å². The van der Waals surface area contributed by atoms with E-state index in [2.05, 4.69) is 60.1 Å². The van der Waals surface area contributed by atoms with Gasteiger partial charge in [-0.05, 0) is 32.6 Å². The van der Waals surface area contributed by atoms with Gasteiger partial charge in [-0.3, -0.25) is 4.79 Å². The molecule has 0 bridgehead atoms. The maximum absolute atomic E-state index is 10.8. The van der Waals surface area contributed by atoms with Gasteiger partial charge < -0.3 is 9.47 Å². The van der Waals surface area contributed by atoms with E-state index in [0.29, 0.717) is 52.3 Å². The highest BCUT2D eigenvalue weighted by Crippen LogP contribution is 2.35. The molecule has 4 rings (SSSR count). The molecule has 0 spiro atoms. The number of nitrogens with zero attached hydrogens (tertiary/aromatic N) is 4. The number of hydrogen-bond acceptors (Lipinski definition) is 8. The summed E-state index contributed by atoms with van der Waals surface area (Å²) in [6.07, 6.45) is 3.96. The molecule has 0 N–H and O–H groups in total. The number of methoxy groups -OCH3 is 2. The number of benzene rings is 2. The van der Waals surface area contributed by atoms with E-state index in [4.69, 9.17) is 9.47 Å². The zero-order valence-electron chi connectivity index (χ0n) is 18.6. The number of rotatable bonds is 9. The van der Waals surface area contributed by atoms with E-state index in [0.717, 1.165) is 21.2 Å². The van der Waals surface area contributed by atoms with E-state index < -0.39 is 0 Å². The van der Waals surface area contributed by atoms with Crippen molar-refractivity contribution >= 4 is 34.0 Å². The summed E-state index contributed by atoms with van der Waals surface area (Å²) in [5.41, 5.74) is 4.45. The van der Waals surface area contributed by atoms with Crippen LogP contribution in [0, 0.1) is 0 Å². The lowest BCUT2D eigenvalue weighted by atomic mass is 10.0. The van der Waals surface area contributed by atoms with Crippen molar-refractivity contribution in [2.75, 3.05) is 14.2 Å². The lowest BCUT2D eigenvalue weighted by Gasteiger charge is -2.13. The Bertz CT molecular complexity index is 1260. The molecular formula is C25H21BrN4O3S. The summed E-state index contributed by atoms with van der Waals surface area (Å²) in [5, 5.41) is 0.534. The first-order valence-corrected chi connectivity index (χ1v) is 12.1. The van der Waals surface area contributed by atoms with Crippen LogP contribution in [0.2, 0.25) is 0 Å². The number of hydrogen-bond donors (Lipinski definition) is 0. The summed E-state index contributed by atoms with van der Waals surface area (Å²) in [4.78, 5) is 28.4. The molecule has 0 aliphatic rings. The molecule has 34 heavy (non-hydrogen) atoms. The summed E-state index contributed by atoms with van der Waals surface area (Å²) in [6.45, 7) is 0. The van der Waals surface area contributed by atoms with Gasteiger partial charge in [0.1, 0.15) is 5.82 Å². The van der Waals surface area contributed by atoms with E-state index in [-0.39, 0.29) is 0 Å². The number of ether oxygens (including phenoxy) is 2. The fourth-order valence-electron chi connectivity index (χ4n) is 3.33. The monoisotopic (exact) mass is 536 g/mol. The van der Waals surface area contributed by atoms with Gasteiger partial charge in [0.25, 0.3) is 0 Å². The minimum absolute atomic E-state index is 0.307. The first-order chi connectivity index (χ1) is 16.6. The highest BCUT2D eigenvalue weighted by molar-refractivity contribution is 9.10. The molecule has 7 nitrogen and oxygen atoms in total. The molecule has 0 fully saturated rings. The summed E-state index contributed by atoms with van der Waals surface area (Å²) < 4.78 is 12.1. The van der Waals surface area contributed by atoms with Gasteiger partial charge in [-0.15, -0.1) is 0 Å². The number of halogens is 1. The van der Waals surface area contributed by atoms with Gasteiger partial charge in [-0.25, -0.2) is 9.97 Å². The summed E-state index contributed by atoms with van der Waals surface area (Å²) in [6, 6.07) is 16.4. The highest BCUT2D eigenvalue weighted by atomic mass is 79.9. The van der Waals surface area contributed by atoms with Gasteiger partial charge in [0, 0.05) is 29.0 Å². The van der Waals surface area contributed by atoms with Crippen molar-refractivity contribution in [1.29, 1.82) is 0 Å². The summed E-state index contributed by atoms with van der Waals surface area (Å²) >= 11 is 5.26. The Balaban J connectivity index is 1.57. The molecule has 0 aliphatic heterocycles. The topological polar surface area (TPSA) is 87.1 Å². The minimum atomic E-state index is 0.307. The Morgan fingerprint density at radius 1 is 0.941 bits per heavy atom. The largest absolute Gasteiger partial charge is 0.481 e. The highest BCUT2D eigenvalue weighted by Gasteiger charge is 2.19. The lowest BCUT2D eigenvalue weighted by Crippen LogP contribution is -2.06. The van der Waals surface area contributed by atoms with Gasteiger partial charge in [0.05, 0.1) is 25.3 Å². The van der Waals surface area contributed by atoms with E-state index in [1.54, 1.807) is 14.2 Å². The van der Waals surface area contributed by atoms with Crippen LogP contribution in [0.15, 0.2) is 70.6 Å². The van der Waals surface area contributed by atoms with Crippen molar-refractivity contribution in [1.82, 2.24) is 19.9 Å². The smallest absolute Gasteiger partial charge is 0.224 e. The number of carbonyl (C=O) groups excluding carboxylic acids is 1. The van der Waals surface area contributed by atoms with E-state index in [9.17, 15) is 4.79 Å². The molecule has 0 saturated heterocycles. The second-order valence-electron chi connectivity index (χ2n) is 7.16. The van der Waals surface area contributed by atoms with E-state index in [1.807, 2.05) is 24.3 Å². The Morgan fingerprint density at radius 2 is 1.62 bits per heavy atom. The van der Waals surface area contributed by atoms with Gasteiger partial charge in [0.2, 0.25) is 11.8 Å². The molecule has 2 aromatic heterocycles. The maximum Gasteiger partial charge on any atom is 0.224 e. The Morgan fingerprint density at radius 3 is 2.24 bits per heavy atom. The fourth-order valence-corrected chi connectivity index (χ4v) is 4.97. The molecule has 2 aromatic carbocycles. The quantitative estimate of drug-likeness (QED) is 0.159. The average Bonchev–Trinajstić information content (AvgIpc) is 2.89. The third-order valence-corrected chi connectivity index (χ3v) is 6.85. The third kappa shape index (κ3) is 5.43. The van der Waals surface area contributed by atoms with Crippen molar-refractivity contribution in [3.05, 3.63) is 87.9 Å². The molecule has 0 saturated carbocycles. The second kappa shape index (κ2) is 11.2. The van der Waals surface area contributed by atoms with Crippen molar-refractivity contribution in [3.8, 4) is 22.9 Å². The van der Waals surface area contributed by atoms with Gasteiger partial charge >= 0.3 is 0 Å². The molecule has 9 heteroatoms. The molecule has 0 amide bonds. The Kier molecular flexibility index (Phi) is 7.87. The number of aldehydes is 1. The summed E-state index contributed by atoms with van der Waals surface area (Å²) in [7, 11) is 3.10. The number of aromatic nitrogens is 4. The molecule has 2 heterocycles. The van der Waals surface area contributed by atoms with Crippen molar-refractivity contribution in [2.45, 2.75) is 17.3 Å². The van der Waals surface area contributed by atoms with Crippen LogP contribution in [-0.2, 0) is 12.2 Å². The molecule has 0 unspecified atom stereocenters. The third-order valence-electron chi connectivity index (χ3n) is 5.01. The lowest BCUT2D eigenvalue weighted by molar-refractivity contribution is 0.112. The van der Waals surface area contributed by atoms with Crippen molar-refractivity contribution < 1.29 is 14.3 Å². The fraction of sp³-hybridized carbons (Fsp3) is 0.160. The predicted molar refractivity (Wildman–Crippen MR) is 135 cm³/mol.